The lowest BCUT2D eigenvalue weighted by atomic mass is 10.3. The molecule has 0 aliphatic carbocycles. The molecule has 0 atom stereocenters. The summed E-state index contributed by atoms with van der Waals surface area (Å²) in [6.07, 6.45) is 5.95. The monoisotopic (exact) mass is 130 g/mol. The Morgan fingerprint density at radius 3 is 2.22 bits per heavy atom. The van der Waals surface area contributed by atoms with Crippen LogP contribution in [0.15, 0.2) is 12.2 Å². The fourth-order valence-corrected chi connectivity index (χ4v) is 0.376. The van der Waals surface area contributed by atoms with Gasteiger partial charge < -0.3 is 5.11 Å². The van der Waals surface area contributed by atoms with Gasteiger partial charge in [0, 0.05) is 6.61 Å². The van der Waals surface area contributed by atoms with Gasteiger partial charge in [0.05, 0.1) is 0 Å². The Labute approximate surface area is 58.4 Å². The predicted molar refractivity (Wildman–Crippen MR) is 42.5 cm³/mol. The highest BCUT2D eigenvalue weighted by molar-refractivity contribution is 4.75. The molecule has 0 aliphatic heterocycles. The van der Waals surface area contributed by atoms with Crippen LogP contribution in [0.1, 0.15) is 33.6 Å². The highest BCUT2D eigenvalue weighted by Gasteiger charge is 1.74. The molecule has 0 fully saturated rings. The summed E-state index contributed by atoms with van der Waals surface area (Å²) in [4.78, 5) is 0. The molecule has 0 unspecified atom stereocenters. The normalized spacial score (nSPS) is 8.89. The highest BCUT2D eigenvalue weighted by Crippen LogP contribution is 1.86. The maximum atomic E-state index is 8.26. The topological polar surface area (TPSA) is 20.2 Å². The van der Waals surface area contributed by atoms with Gasteiger partial charge in [-0.05, 0) is 19.8 Å². The third-order valence-electron chi connectivity index (χ3n) is 0.765. The maximum absolute atomic E-state index is 8.26. The zero-order chi connectivity index (χ0) is 7.54. The van der Waals surface area contributed by atoms with Gasteiger partial charge in [-0.25, -0.2) is 0 Å². The lowest BCUT2D eigenvalue weighted by Crippen LogP contribution is -1.77. The number of aliphatic hydroxyl groups excluding tert-OH is 1. The number of allylic oxidation sites excluding steroid dienone is 2. The second-order valence-electron chi connectivity index (χ2n) is 1.43. The molecule has 1 heteroatoms. The summed E-state index contributed by atoms with van der Waals surface area (Å²) in [6, 6.07) is 0. The molecule has 56 valence electrons. The molecular weight excluding hydrogens is 112 g/mol. The molecule has 0 aromatic rings. The van der Waals surface area contributed by atoms with Crippen molar-refractivity contribution in [2.45, 2.75) is 33.6 Å². The summed E-state index contributed by atoms with van der Waals surface area (Å²) in [5, 5.41) is 8.26. The van der Waals surface area contributed by atoms with E-state index in [0.29, 0.717) is 6.61 Å². The van der Waals surface area contributed by atoms with Gasteiger partial charge in [-0.2, -0.15) is 0 Å². The average Bonchev–Trinajstić information content (AvgIpc) is 1.94. The van der Waals surface area contributed by atoms with Gasteiger partial charge >= 0.3 is 0 Å². The van der Waals surface area contributed by atoms with Gasteiger partial charge in [0.1, 0.15) is 0 Å². The van der Waals surface area contributed by atoms with E-state index in [1.165, 1.54) is 0 Å². The maximum Gasteiger partial charge on any atom is 0.0433 e. The second kappa shape index (κ2) is 15.6. The third-order valence-corrected chi connectivity index (χ3v) is 0.765. The molecule has 0 saturated heterocycles. The van der Waals surface area contributed by atoms with Gasteiger partial charge in [0.2, 0.25) is 0 Å². The zero-order valence-corrected chi connectivity index (χ0v) is 6.72. The van der Waals surface area contributed by atoms with Crippen molar-refractivity contribution in [3.8, 4) is 0 Å². The molecule has 1 nitrogen and oxygen atoms in total. The van der Waals surface area contributed by atoms with Crippen LogP contribution in [0.25, 0.3) is 0 Å². The van der Waals surface area contributed by atoms with Crippen LogP contribution in [0.5, 0.6) is 0 Å². The Bertz CT molecular complexity index is 48.5. The first-order valence-corrected chi connectivity index (χ1v) is 3.64. The number of aliphatic hydroxyl groups is 1. The molecule has 0 aromatic carbocycles. The van der Waals surface area contributed by atoms with Crippen LogP contribution in [0.3, 0.4) is 0 Å². The zero-order valence-electron chi connectivity index (χ0n) is 6.72. The van der Waals surface area contributed by atoms with Crippen molar-refractivity contribution < 1.29 is 5.11 Å². The Morgan fingerprint density at radius 2 is 1.89 bits per heavy atom. The lowest BCUT2D eigenvalue weighted by molar-refractivity contribution is 0.289. The molecule has 0 amide bonds. The highest BCUT2D eigenvalue weighted by atomic mass is 16.2. The Morgan fingerprint density at radius 1 is 1.33 bits per heavy atom. The van der Waals surface area contributed by atoms with E-state index in [0.717, 1.165) is 12.8 Å². The van der Waals surface area contributed by atoms with Crippen molar-refractivity contribution in [3.63, 3.8) is 0 Å². The molecule has 0 spiro atoms. The van der Waals surface area contributed by atoms with Crippen LogP contribution in [0, 0.1) is 0 Å². The van der Waals surface area contributed by atoms with E-state index in [-0.39, 0.29) is 0 Å². The first kappa shape index (κ1) is 11.5. The van der Waals surface area contributed by atoms with Gasteiger partial charge in [-0.1, -0.05) is 26.0 Å². The van der Waals surface area contributed by atoms with E-state index in [1.807, 2.05) is 26.8 Å². The molecule has 9 heavy (non-hydrogen) atoms. The largest absolute Gasteiger partial charge is 0.396 e. The fraction of sp³-hybridized carbons (Fsp3) is 0.750. The summed E-state index contributed by atoms with van der Waals surface area (Å²) < 4.78 is 0. The summed E-state index contributed by atoms with van der Waals surface area (Å²) in [5.41, 5.74) is 0. The van der Waals surface area contributed by atoms with Crippen molar-refractivity contribution in [1.82, 2.24) is 0 Å². The molecule has 0 saturated carbocycles. The van der Waals surface area contributed by atoms with Crippen molar-refractivity contribution >= 4 is 0 Å². The predicted octanol–water partition coefficient (Wildman–Crippen LogP) is 2.36. The smallest absolute Gasteiger partial charge is 0.0433 e. The summed E-state index contributed by atoms with van der Waals surface area (Å²) in [7, 11) is 0. The Balaban J connectivity index is 0. The van der Waals surface area contributed by atoms with Crippen LogP contribution in [-0.4, -0.2) is 11.7 Å². The van der Waals surface area contributed by atoms with E-state index < -0.39 is 0 Å². The summed E-state index contributed by atoms with van der Waals surface area (Å²) in [5.74, 6) is 0. The van der Waals surface area contributed by atoms with Gasteiger partial charge in [0.15, 0.2) is 0 Å². The van der Waals surface area contributed by atoms with Crippen LogP contribution < -0.4 is 0 Å². The molecule has 0 aliphatic rings. The number of hydrogen-bond donors (Lipinski definition) is 1. The fourth-order valence-electron chi connectivity index (χ4n) is 0.376. The van der Waals surface area contributed by atoms with E-state index >= 15 is 0 Å². The van der Waals surface area contributed by atoms with E-state index in [4.69, 9.17) is 5.11 Å². The Kier molecular flexibility index (Phi) is 20.0. The first-order chi connectivity index (χ1) is 4.41. The number of unbranched alkanes of at least 4 members (excludes halogenated alkanes) is 1. The van der Waals surface area contributed by atoms with Gasteiger partial charge in [-0.15, -0.1) is 0 Å². The molecular formula is C8H18O. The molecule has 0 bridgehead atoms. The molecule has 0 radical (unpaired) electrons. The van der Waals surface area contributed by atoms with Crippen LogP contribution in [-0.2, 0) is 0 Å². The molecule has 0 heterocycles. The minimum Gasteiger partial charge on any atom is -0.396 e. The standard InChI is InChI=1S/C6H12O.C2H6/c1-2-3-4-5-6-7;1-2/h2-3,7H,4-6H2,1H3;1-2H3. The van der Waals surface area contributed by atoms with Crippen LogP contribution >= 0.6 is 0 Å². The van der Waals surface area contributed by atoms with Crippen molar-refractivity contribution in [3.05, 3.63) is 12.2 Å². The van der Waals surface area contributed by atoms with Crippen molar-refractivity contribution in [2.75, 3.05) is 6.61 Å². The van der Waals surface area contributed by atoms with Crippen LogP contribution in [0.4, 0.5) is 0 Å². The lowest BCUT2D eigenvalue weighted by Gasteiger charge is -1.83. The minimum atomic E-state index is 0.310. The molecule has 0 rings (SSSR count). The van der Waals surface area contributed by atoms with Crippen molar-refractivity contribution in [1.29, 1.82) is 0 Å². The summed E-state index contributed by atoms with van der Waals surface area (Å²) in [6.45, 7) is 6.29. The van der Waals surface area contributed by atoms with Gasteiger partial charge in [0.25, 0.3) is 0 Å². The summed E-state index contributed by atoms with van der Waals surface area (Å²) >= 11 is 0. The first-order valence-electron chi connectivity index (χ1n) is 3.64. The SMILES string of the molecule is CC.CC=CCCCO. The van der Waals surface area contributed by atoms with Crippen molar-refractivity contribution in [2.24, 2.45) is 0 Å². The minimum absolute atomic E-state index is 0.310. The average molecular weight is 130 g/mol. The third kappa shape index (κ3) is 18.3. The number of rotatable bonds is 3. The van der Waals surface area contributed by atoms with E-state index in [2.05, 4.69) is 6.08 Å². The second-order valence-corrected chi connectivity index (χ2v) is 1.43. The number of hydrogen-bond acceptors (Lipinski definition) is 1. The molecule has 0 aromatic heterocycles. The molecule has 1 N–H and O–H groups in total. The quantitative estimate of drug-likeness (QED) is 0.459. The van der Waals surface area contributed by atoms with E-state index in [9.17, 15) is 0 Å². The van der Waals surface area contributed by atoms with E-state index in [1.54, 1.807) is 0 Å². The Hall–Kier alpha value is -0.300. The van der Waals surface area contributed by atoms with Gasteiger partial charge in [-0.3, -0.25) is 0 Å². The van der Waals surface area contributed by atoms with Crippen LogP contribution in [0.2, 0.25) is 0 Å².